The normalized spacial score (nSPS) is 26.4. The lowest BCUT2D eigenvalue weighted by Crippen LogP contribution is -2.42. The Hall–Kier alpha value is -2.31. The number of ketones is 2. The van der Waals surface area contributed by atoms with Gasteiger partial charge in [-0.05, 0) is 31.6 Å². The molecule has 1 saturated carbocycles. The Balaban J connectivity index is 1.43. The van der Waals surface area contributed by atoms with Crippen molar-refractivity contribution in [2.45, 2.75) is 96.8 Å². The van der Waals surface area contributed by atoms with Gasteiger partial charge in [0.15, 0.2) is 5.78 Å². The smallest absolute Gasteiger partial charge is 0.307 e. The van der Waals surface area contributed by atoms with Gasteiger partial charge in [0.05, 0.1) is 24.9 Å². The molecule has 0 radical (unpaired) electrons. The first-order valence-electron chi connectivity index (χ1n) is 13.7. The molecular formula is C28H41NO6. The molecular weight excluding hydrogens is 446 g/mol. The third-order valence-corrected chi connectivity index (χ3v) is 7.72. The minimum atomic E-state index is -1.07. The number of esters is 1. The monoisotopic (exact) mass is 487 g/mol. The number of fused-ring (bicyclic) bond motifs is 1. The van der Waals surface area contributed by atoms with Gasteiger partial charge >= 0.3 is 5.97 Å². The van der Waals surface area contributed by atoms with E-state index in [4.69, 9.17) is 4.74 Å². The number of hydrogen-bond acceptors (Lipinski definition) is 6. The molecule has 7 heteroatoms. The summed E-state index contributed by atoms with van der Waals surface area (Å²) in [4.78, 5) is 64.7. The first kappa shape index (κ1) is 27.3. The minimum absolute atomic E-state index is 0.0567. The molecule has 0 spiro atoms. The maximum Gasteiger partial charge on any atom is 0.307 e. The summed E-state index contributed by atoms with van der Waals surface area (Å²) < 4.78 is 5.33. The van der Waals surface area contributed by atoms with Crippen LogP contribution < -0.4 is 0 Å². The van der Waals surface area contributed by atoms with Crippen LogP contribution in [0.15, 0.2) is 12.2 Å². The summed E-state index contributed by atoms with van der Waals surface area (Å²) >= 11 is 0. The average molecular weight is 488 g/mol. The van der Waals surface area contributed by atoms with Crippen LogP contribution in [0.3, 0.4) is 0 Å². The number of hydrogen-bond donors (Lipinski definition) is 0. The summed E-state index contributed by atoms with van der Waals surface area (Å²) in [6, 6.07) is 0. The van der Waals surface area contributed by atoms with E-state index in [-0.39, 0.29) is 25.2 Å². The number of carbonyl (C=O) groups is 5. The van der Waals surface area contributed by atoms with Gasteiger partial charge < -0.3 is 4.74 Å². The van der Waals surface area contributed by atoms with E-state index < -0.39 is 41.3 Å². The molecule has 3 aliphatic rings. The summed E-state index contributed by atoms with van der Waals surface area (Å²) in [5.74, 6) is -4.56. The largest absolute Gasteiger partial charge is 0.465 e. The highest BCUT2D eigenvalue weighted by molar-refractivity contribution is 6.22. The van der Waals surface area contributed by atoms with Crippen LogP contribution in [-0.4, -0.2) is 47.4 Å². The molecule has 0 N–H and O–H groups in total. The molecule has 0 aromatic heterocycles. The fraction of sp³-hybridized carbons (Fsp3) is 0.750. The van der Waals surface area contributed by atoms with Gasteiger partial charge in [-0.25, -0.2) is 0 Å². The second-order valence-corrected chi connectivity index (χ2v) is 10.4. The summed E-state index contributed by atoms with van der Waals surface area (Å²) in [6.45, 7) is 2.43. The SMILES string of the molecule is CCCCCCCCCCC1C(=O)CC2C(=O)N(CCC(=O)OCC3CC=CCC3)C(=O)C2C1=O. The second-order valence-electron chi connectivity index (χ2n) is 10.4. The van der Waals surface area contributed by atoms with Crippen LogP contribution in [0, 0.1) is 23.7 Å². The summed E-state index contributed by atoms with van der Waals surface area (Å²) in [5.41, 5.74) is 0. The molecule has 2 fully saturated rings. The molecule has 1 saturated heterocycles. The molecule has 7 nitrogen and oxygen atoms in total. The molecule has 1 heterocycles. The number of imide groups is 1. The van der Waals surface area contributed by atoms with Crippen LogP contribution in [0.2, 0.25) is 0 Å². The fourth-order valence-corrected chi connectivity index (χ4v) is 5.55. The molecule has 0 aromatic rings. The van der Waals surface area contributed by atoms with Gasteiger partial charge in [0.1, 0.15) is 11.7 Å². The summed E-state index contributed by atoms with van der Waals surface area (Å²) in [7, 11) is 0. The van der Waals surface area contributed by atoms with E-state index in [0.29, 0.717) is 18.9 Å². The maximum absolute atomic E-state index is 13.1. The molecule has 0 bridgehead atoms. The summed E-state index contributed by atoms with van der Waals surface area (Å²) in [5, 5.41) is 0. The van der Waals surface area contributed by atoms with Crippen molar-refractivity contribution in [3.8, 4) is 0 Å². The molecule has 1 aliphatic heterocycles. The number of unbranched alkanes of at least 4 members (excludes halogenated alkanes) is 7. The zero-order valence-electron chi connectivity index (χ0n) is 21.2. The topological polar surface area (TPSA) is 97.8 Å². The Labute approximate surface area is 209 Å². The Bertz CT molecular complexity index is 818. The first-order chi connectivity index (χ1) is 16.9. The molecule has 3 rings (SSSR count). The number of Topliss-reactive ketones (excluding diaryl/α,β-unsaturated/α-hetero) is 2. The quantitative estimate of drug-likeness (QED) is 0.117. The molecule has 4 unspecified atom stereocenters. The predicted molar refractivity (Wildman–Crippen MR) is 131 cm³/mol. The van der Waals surface area contributed by atoms with Crippen molar-refractivity contribution in [2.75, 3.05) is 13.2 Å². The molecule has 0 aromatic carbocycles. The van der Waals surface area contributed by atoms with Crippen LogP contribution >= 0.6 is 0 Å². The van der Waals surface area contributed by atoms with Gasteiger partial charge in [-0.15, -0.1) is 0 Å². The van der Waals surface area contributed by atoms with Crippen LogP contribution in [0.1, 0.15) is 96.8 Å². The van der Waals surface area contributed by atoms with Crippen molar-refractivity contribution in [1.29, 1.82) is 0 Å². The third-order valence-electron chi connectivity index (χ3n) is 7.72. The summed E-state index contributed by atoms with van der Waals surface area (Å²) in [6.07, 6.45) is 16.3. The number of nitrogens with zero attached hydrogens (tertiary/aromatic N) is 1. The number of likely N-dealkylation sites (tertiary alicyclic amines) is 1. The lowest BCUT2D eigenvalue weighted by molar-refractivity contribution is -0.147. The standard InChI is InChI=1S/C28H41NO6/c1-2-3-4-5-6-7-8-12-15-21-23(30)18-22-25(26(21)32)28(34)29(27(22)33)17-16-24(31)35-19-20-13-10-9-11-14-20/h9-10,20-22,25H,2-8,11-19H2,1H3. The Morgan fingerprint density at radius 2 is 1.69 bits per heavy atom. The zero-order valence-corrected chi connectivity index (χ0v) is 21.2. The van der Waals surface area contributed by atoms with E-state index in [1.165, 1.54) is 32.1 Å². The maximum atomic E-state index is 13.1. The highest BCUT2D eigenvalue weighted by Crippen LogP contribution is 2.38. The second kappa shape index (κ2) is 13.7. The molecule has 35 heavy (non-hydrogen) atoms. The van der Waals surface area contributed by atoms with Crippen LogP contribution in [0.25, 0.3) is 0 Å². The zero-order chi connectivity index (χ0) is 25.2. The van der Waals surface area contributed by atoms with E-state index in [2.05, 4.69) is 19.1 Å². The van der Waals surface area contributed by atoms with Crippen molar-refractivity contribution >= 4 is 29.4 Å². The first-order valence-corrected chi connectivity index (χ1v) is 13.7. The van der Waals surface area contributed by atoms with E-state index >= 15 is 0 Å². The average Bonchev–Trinajstić information content (AvgIpc) is 3.09. The van der Waals surface area contributed by atoms with E-state index in [1.54, 1.807) is 0 Å². The van der Waals surface area contributed by atoms with Crippen molar-refractivity contribution in [3.63, 3.8) is 0 Å². The van der Waals surface area contributed by atoms with Crippen molar-refractivity contribution in [1.82, 2.24) is 4.90 Å². The Morgan fingerprint density at radius 3 is 2.37 bits per heavy atom. The lowest BCUT2D eigenvalue weighted by Gasteiger charge is -2.26. The molecule has 4 atom stereocenters. The Morgan fingerprint density at radius 1 is 0.971 bits per heavy atom. The number of ether oxygens (including phenoxy) is 1. The van der Waals surface area contributed by atoms with Gasteiger partial charge in [0.2, 0.25) is 11.8 Å². The van der Waals surface area contributed by atoms with Gasteiger partial charge in [-0.2, -0.15) is 0 Å². The number of allylic oxidation sites excluding steroid dienone is 2. The van der Waals surface area contributed by atoms with Gasteiger partial charge in [0.25, 0.3) is 0 Å². The predicted octanol–water partition coefficient (Wildman–Crippen LogP) is 4.57. The van der Waals surface area contributed by atoms with E-state index in [1.807, 2.05) is 0 Å². The minimum Gasteiger partial charge on any atom is -0.465 e. The fourth-order valence-electron chi connectivity index (χ4n) is 5.55. The van der Waals surface area contributed by atoms with Crippen LogP contribution in [0.4, 0.5) is 0 Å². The number of amides is 2. The number of carbonyl (C=O) groups excluding carboxylic acids is 5. The molecule has 2 amide bonds. The van der Waals surface area contributed by atoms with E-state index in [0.717, 1.165) is 43.4 Å². The van der Waals surface area contributed by atoms with E-state index in [9.17, 15) is 24.0 Å². The van der Waals surface area contributed by atoms with Crippen LogP contribution in [0.5, 0.6) is 0 Å². The van der Waals surface area contributed by atoms with Crippen LogP contribution in [-0.2, 0) is 28.7 Å². The molecule has 2 aliphatic carbocycles. The lowest BCUT2D eigenvalue weighted by atomic mass is 9.72. The third kappa shape index (κ3) is 7.34. The molecule has 194 valence electrons. The van der Waals surface area contributed by atoms with Gasteiger partial charge in [0, 0.05) is 13.0 Å². The van der Waals surface area contributed by atoms with Crippen molar-refractivity contribution < 1.29 is 28.7 Å². The number of rotatable bonds is 14. The van der Waals surface area contributed by atoms with Crippen molar-refractivity contribution in [2.24, 2.45) is 23.7 Å². The van der Waals surface area contributed by atoms with Gasteiger partial charge in [-0.3, -0.25) is 28.9 Å². The Kier molecular flexibility index (Phi) is 10.7. The highest BCUT2D eigenvalue weighted by atomic mass is 16.5. The van der Waals surface area contributed by atoms with Gasteiger partial charge in [-0.1, -0.05) is 70.4 Å². The highest BCUT2D eigenvalue weighted by Gasteiger charge is 2.56. The van der Waals surface area contributed by atoms with Crippen molar-refractivity contribution in [3.05, 3.63) is 12.2 Å².